The van der Waals surface area contributed by atoms with Crippen LogP contribution < -0.4 is 20.1 Å². The van der Waals surface area contributed by atoms with Crippen LogP contribution in [0.1, 0.15) is 15.9 Å². The number of aryl methyl sites for hydroxylation is 1. The van der Waals surface area contributed by atoms with Crippen molar-refractivity contribution in [2.75, 3.05) is 17.7 Å². The number of aromatic carboxylic acids is 1. The largest absolute Gasteiger partial charge is 0.496 e. The number of ether oxygens (including phenoxy) is 2. The van der Waals surface area contributed by atoms with Crippen LogP contribution in [0.15, 0.2) is 103 Å². The minimum atomic E-state index is -1.10. The normalized spacial score (nSPS) is 10.6. The molecule has 0 aromatic heterocycles. The van der Waals surface area contributed by atoms with Gasteiger partial charge in [0.25, 0.3) is 0 Å². The Labute approximate surface area is 225 Å². The first-order valence-electron chi connectivity index (χ1n) is 12.3. The molecule has 7 heteroatoms. The van der Waals surface area contributed by atoms with Crippen molar-refractivity contribution in [1.29, 1.82) is 0 Å². The van der Waals surface area contributed by atoms with Crippen molar-refractivity contribution in [2.24, 2.45) is 0 Å². The van der Waals surface area contributed by atoms with Gasteiger partial charge >= 0.3 is 12.0 Å². The summed E-state index contributed by atoms with van der Waals surface area (Å²) in [6.45, 7) is 1.91. The number of urea groups is 1. The third-order valence-corrected chi connectivity index (χ3v) is 6.35. The lowest BCUT2D eigenvalue weighted by Crippen LogP contribution is -2.20. The van der Waals surface area contributed by atoms with Crippen LogP contribution in [0.2, 0.25) is 0 Å². The number of anilines is 2. The van der Waals surface area contributed by atoms with E-state index in [1.54, 1.807) is 30.3 Å². The number of hydrogen-bond acceptors (Lipinski definition) is 4. The highest BCUT2D eigenvalue weighted by atomic mass is 16.5. The zero-order chi connectivity index (χ0) is 27.4. The molecule has 0 aliphatic carbocycles. The second kappa shape index (κ2) is 11.0. The first-order valence-corrected chi connectivity index (χ1v) is 12.3. The van der Waals surface area contributed by atoms with Gasteiger partial charge in [0.15, 0.2) is 5.75 Å². The number of carboxylic acids is 1. The van der Waals surface area contributed by atoms with Crippen LogP contribution in [0.4, 0.5) is 16.2 Å². The SMILES string of the molecule is COc1ccc(-c2ccc(Oc3cccc4ccccc34)c(NC(=O)Nc3ccccc3C)c2)cc1C(=O)O. The summed E-state index contributed by atoms with van der Waals surface area (Å²) >= 11 is 0. The van der Waals surface area contributed by atoms with Crippen LogP contribution in [-0.4, -0.2) is 24.2 Å². The Morgan fingerprint density at radius 3 is 2.13 bits per heavy atom. The van der Waals surface area contributed by atoms with Crippen molar-refractivity contribution in [2.45, 2.75) is 6.92 Å². The van der Waals surface area contributed by atoms with Gasteiger partial charge in [0.2, 0.25) is 0 Å². The van der Waals surface area contributed by atoms with E-state index < -0.39 is 12.0 Å². The molecule has 194 valence electrons. The number of nitrogens with one attached hydrogen (secondary N) is 2. The first-order chi connectivity index (χ1) is 18.9. The Morgan fingerprint density at radius 2 is 1.36 bits per heavy atom. The lowest BCUT2D eigenvalue weighted by Gasteiger charge is -2.16. The molecule has 3 N–H and O–H groups in total. The van der Waals surface area contributed by atoms with Crippen molar-refractivity contribution >= 4 is 34.1 Å². The van der Waals surface area contributed by atoms with Crippen molar-refractivity contribution < 1.29 is 24.2 Å². The van der Waals surface area contributed by atoms with Crippen molar-refractivity contribution in [1.82, 2.24) is 0 Å². The molecule has 5 aromatic rings. The quantitative estimate of drug-likeness (QED) is 0.203. The summed E-state index contributed by atoms with van der Waals surface area (Å²) in [5, 5.41) is 17.4. The molecule has 39 heavy (non-hydrogen) atoms. The van der Waals surface area contributed by atoms with Gasteiger partial charge in [0.05, 0.1) is 12.8 Å². The fraction of sp³-hybridized carbons (Fsp3) is 0.0625. The van der Waals surface area contributed by atoms with Gasteiger partial charge in [-0.15, -0.1) is 0 Å². The fourth-order valence-corrected chi connectivity index (χ4v) is 4.34. The van der Waals surface area contributed by atoms with E-state index in [1.807, 2.05) is 79.7 Å². The molecule has 0 saturated heterocycles. The maximum atomic E-state index is 13.1. The molecule has 0 aliphatic heterocycles. The molecule has 0 radical (unpaired) electrons. The summed E-state index contributed by atoms with van der Waals surface area (Å²) in [5.74, 6) is 0.238. The van der Waals surface area contributed by atoms with E-state index in [9.17, 15) is 14.7 Å². The van der Waals surface area contributed by atoms with E-state index in [0.717, 1.165) is 16.3 Å². The summed E-state index contributed by atoms with van der Waals surface area (Å²) in [4.78, 5) is 24.8. The molecule has 0 heterocycles. The fourth-order valence-electron chi connectivity index (χ4n) is 4.34. The highest BCUT2D eigenvalue weighted by molar-refractivity contribution is 6.02. The molecule has 2 amide bonds. The van der Waals surface area contributed by atoms with Gasteiger partial charge in [0.1, 0.15) is 17.1 Å². The van der Waals surface area contributed by atoms with Gasteiger partial charge in [-0.2, -0.15) is 0 Å². The van der Waals surface area contributed by atoms with Crippen molar-refractivity contribution in [3.05, 3.63) is 114 Å². The lowest BCUT2D eigenvalue weighted by atomic mass is 10.0. The topological polar surface area (TPSA) is 96.9 Å². The van der Waals surface area contributed by atoms with E-state index in [0.29, 0.717) is 34.0 Å². The maximum absolute atomic E-state index is 13.1. The minimum absolute atomic E-state index is 0.0397. The Kier molecular flexibility index (Phi) is 7.14. The van der Waals surface area contributed by atoms with Gasteiger partial charge in [-0.05, 0) is 65.4 Å². The van der Waals surface area contributed by atoms with Crippen LogP contribution in [0.3, 0.4) is 0 Å². The number of carboxylic acid groups (broad SMARTS) is 1. The van der Waals surface area contributed by atoms with Crippen LogP contribution in [0.25, 0.3) is 21.9 Å². The van der Waals surface area contributed by atoms with E-state index in [1.165, 1.54) is 7.11 Å². The molecule has 0 saturated carbocycles. The zero-order valence-corrected chi connectivity index (χ0v) is 21.4. The molecule has 0 fully saturated rings. The van der Waals surface area contributed by atoms with Gasteiger partial charge in [-0.1, -0.05) is 66.7 Å². The van der Waals surface area contributed by atoms with Gasteiger partial charge < -0.3 is 25.2 Å². The van der Waals surface area contributed by atoms with Crippen LogP contribution >= 0.6 is 0 Å². The second-order valence-electron chi connectivity index (χ2n) is 8.90. The average Bonchev–Trinajstić information content (AvgIpc) is 2.95. The summed E-state index contributed by atoms with van der Waals surface area (Å²) in [6, 6.07) is 31.0. The zero-order valence-electron chi connectivity index (χ0n) is 21.4. The van der Waals surface area contributed by atoms with Gasteiger partial charge in [-0.25, -0.2) is 9.59 Å². The number of carbonyl (C=O) groups excluding carboxylic acids is 1. The van der Waals surface area contributed by atoms with E-state index in [2.05, 4.69) is 10.6 Å². The van der Waals surface area contributed by atoms with Crippen LogP contribution in [0, 0.1) is 6.92 Å². The number of hydrogen-bond donors (Lipinski definition) is 3. The smallest absolute Gasteiger partial charge is 0.339 e. The number of methoxy groups -OCH3 is 1. The number of para-hydroxylation sites is 1. The molecular weight excluding hydrogens is 492 g/mol. The minimum Gasteiger partial charge on any atom is -0.496 e. The number of carbonyl (C=O) groups is 2. The summed E-state index contributed by atoms with van der Waals surface area (Å²) in [5.41, 5.74) is 3.40. The summed E-state index contributed by atoms with van der Waals surface area (Å²) < 4.78 is 11.5. The molecule has 5 aromatic carbocycles. The maximum Gasteiger partial charge on any atom is 0.339 e. The van der Waals surface area contributed by atoms with Crippen LogP contribution in [0.5, 0.6) is 17.2 Å². The molecule has 7 nitrogen and oxygen atoms in total. The Bertz CT molecular complexity index is 1690. The van der Waals surface area contributed by atoms with E-state index >= 15 is 0 Å². The third-order valence-electron chi connectivity index (χ3n) is 6.35. The number of rotatable bonds is 7. The van der Waals surface area contributed by atoms with E-state index in [-0.39, 0.29) is 11.3 Å². The second-order valence-corrected chi connectivity index (χ2v) is 8.90. The molecule has 0 aliphatic rings. The monoisotopic (exact) mass is 518 g/mol. The number of fused-ring (bicyclic) bond motifs is 1. The predicted octanol–water partition coefficient (Wildman–Crippen LogP) is 7.96. The molecule has 0 unspecified atom stereocenters. The highest BCUT2D eigenvalue weighted by Crippen LogP contribution is 2.37. The van der Waals surface area contributed by atoms with E-state index in [4.69, 9.17) is 9.47 Å². The summed E-state index contributed by atoms with van der Waals surface area (Å²) in [7, 11) is 1.43. The molecule has 0 atom stereocenters. The molecule has 0 bridgehead atoms. The van der Waals surface area contributed by atoms with Crippen molar-refractivity contribution in [3.63, 3.8) is 0 Å². The average molecular weight is 519 g/mol. The highest BCUT2D eigenvalue weighted by Gasteiger charge is 2.16. The predicted molar refractivity (Wildman–Crippen MR) is 153 cm³/mol. The van der Waals surface area contributed by atoms with Crippen LogP contribution in [-0.2, 0) is 0 Å². The van der Waals surface area contributed by atoms with Gasteiger partial charge in [-0.3, -0.25) is 0 Å². The molecule has 0 spiro atoms. The standard InChI is InChI=1S/C32H26N2O5/c1-20-8-3-6-12-26(20)33-32(37)34-27-19-23(22-14-16-28(38-2)25(18-22)31(35)36)15-17-30(27)39-29-13-7-10-21-9-4-5-11-24(21)29/h3-19H,1-2H3,(H,35,36)(H2,33,34,37). The summed E-state index contributed by atoms with van der Waals surface area (Å²) in [6.07, 6.45) is 0. The van der Waals surface area contributed by atoms with Gasteiger partial charge in [0, 0.05) is 11.1 Å². The lowest BCUT2D eigenvalue weighted by molar-refractivity contribution is 0.0693. The first kappa shape index (κ1) is 25.4. The Balaban J connectivity index is 1.54. The molecular formula is C32H26N2O5. The Hall–Kier alpha value is -5.30. The third kappa shape index (κ3) is 5.52. The molecule has 5 rings (SSSR count). The van der Waals surface area contributed by atoms with Crippen molar-refractivity contribution in [3.8, 4) is 28.4 Å². The Morgan fingerprint density at radius 1 is 0.692 bits per heavy atom. The number of amides is 2. The number of benzene rings is 5.